The molecule has 1 aromatic heterocycles. The summed E-state index contributed by atoms with van der Waals surface area (Å²) in [4.78, 5) is 22.9. The second kappa shape index (κ2) is 7.47. The van der Waals surface area contributed by atoms with Crippen molar-refractivity contribution in [2.75, 3.05) is 6.61 Å². The van der Waals surface area contributed by atoms with Gasteiger partial charge in [0.05, 0.1) is 33.5 Å². The Morgan fingerprint density at radius 3 is 2.81 bits per heavy atom. The number of para-hydroxylation sites is 1. The monoisotopic (exact) mass is 440 g/mol. The summed E-state index contributed by atoms with van der Waals surface area (Å²) in [6, 6.07) is 8.41. The Morgan fingerprint density at radius 1 is 1.31 bits per heavy atom. The Kier molecular flexibility index (Phi) is 5.29. The topological polar surface area (TPSA) is 76.7 Å². The molecule has 3 rings (SSSR count). The summed E-state index contributed by atoms with van der Waals surface area (Å²) in [5.74, 6) is -1.44. The summed E-state index contributed by atoms with van der Waals surface area (Å²) in [7, 11) is 0. The molecule has 26 heavy (non-hydrogen) atoms. The van der Waals surface area contributed by atoms with Crippen LogP contribution in [0.15, 0.2) is 50.1 Å². The van der Waals surface area contributed by atoms with Gasteiger partial charge in [0.1, 0.15) is 17.3 Å². The van der Waals surface area contributed by atoms with Crippen LogP contribution in [0.2, 0.25) is 5.02 Å². The Morgan fingerprint density at radius 2 is 2.08 bits per heavy atom. The van der Waals surface area contributed by atoms with Crippen LogP contribution >= 0.6 is 27.5 Å². The van der Waals surface area contributed by atoms with Gasteiger partial charge >= 0.3 is 5.97 Å². The van der Waals surface area contributed by atoms with Gasteiger partial charge in [0.2, 0.25) is 0 Å². The van der Waals surface area contributed by atoms with Crippen molar-refractivity contribution in [3.8, 4) is 17.1 Å². The number of aliphatic carboxylic acids is 1. The molecule has 1 N–H and O–H groups in total. The largest absolute Gasteiger partial charge is 0.492 e. The second-order valence-corrected chi connectivity index (χ2v) is 6.61. The quantitative estimate of drug-likeness (QED) is 0.611. The maximum atomic E-state index is 14.4. The van der Waals surface area contributed by atoms with Crippen LogP contribution < -0.4 is 10.2 Å². The molecule has 0 atom stereocenters. The number of carbonyl (C=O) groups is 1. The van der Waals surface area contributed by atoms with Gasteiger partial charge in [0, 0.05) is 6.07 Å². The van der Waals surface area contributed by atoms with Crippen molar-refractivity contribution in [3.05, 3.63) is 61.9 Å². The van der Waals surface area contributed by atoms with Crippen LogP contribution in [0.3, 0.4) is 0 Å². The average Bonchev–Trinajstić information content (AvgIpc) is 2.57. The molecule has 0 bridgehead atoms. The summed E-state index contributed by atoms with van der Waals surface area (Å²) in [5, 5.41) is 9.20. The number of ether oxygens (including phenoxy) is 1. The molecule has 1 heterocycles. The van der Waals surface area contributed by atoms with Crippen molar-refractivity contribution in [3.63, 3.8) is 0 Å². The number of hydrogen-bond acceptors (Lipinski definition) is 4. The van der Waals surface area contributed by atoms with Crippen molar-refractivity contribution in [2.45, 2.75) is 6.42 Å². The summed E-state index contributed by atoms with van der Waals surface area (Å²) in [6.45, 7) is -0.0908. The van der Waals surface area contributed by atoms with Gasteiger partial charge in [-0.05, 0) is 40.2 Å². The van der Waals surface area contributed by atoms with Crippen LogP contribution in [0.25, 0.3) is 22.3 Å². The third-order valence-corrected chi connectivity index (χ3v) is 4.48. The van der Waals surface area contributed by atoms with Crippen molar-refractivity contribution in [2.24, 2.45) is 0 Å². The third kappa shape index (κ3) is 3.73. The molecule has 5 nitrogen and oxygen atoms in total. The van der Waals surface area contributed by atoms with E-state index < -0.39 is 11.8 Å². The first-order valence-corrected chi connectivity index (χ1v) is 8.60. The van der Waals surface area contributed by atoms with Crippen molar-refractivity contribution < 1.29 is 23.4 Å². The molecule has 0 radical (unpaired) electrons. The number of hydrogen-bond donors (Lipinski definition) is 1. The van der Waals surface area contributed by atoms with E-state index in [1.165, 1.54) is 12.1 Å². The van der Waals surface area contributed by atoms with E-state index >= 15 is 0 Å². The van der Waals surface area contributed by atoms with E-state index in [4.69, 9.17) is 25.9 Å². The lowest BCUT2D eigenvalue weighted by molar-refractivity contribution is -0.137. The van der Waals surface area contributed by atoms with Gasteiger partial charge < -0.3 is 14.3 Å². The smallest absolute Gasteiger partial charge is 0.306 e. The van der Waals surface area contributed by atoms with Gasteiger partial charge in [-0.25, -0.2) is 4.39 Å². The van der Waals surface area contributed by atoms with Crippen molar-refractivity contribution >= 4 is 44.5 Å². The molecule has 134 valence electrons. The van der Waals surface area contributed by atoms with Crippen LogP contribution in [0.1, 0.15) is 6.42 Å². The number of carboxylic acids is 1. The summed E-state index contributed by atoms with van der Waals surface area (Å²) < 4.78 is 25.7. The molecule has 3 aromatic rings. The van der Waals surface area contributed by atoms with Gasteiger partial charge in [-0.1, -0.05) is 17.7 Å². The third-order valence-electron chi connectivity index (χ3n) is 3.57. The standard InChI is InChI=1S/C18H11BrClFO5/c19-11-7-13(21)10(6-16(11)25-5-4-17(23)24)15-8-14(22)9-2-1-3-12(20)18(9)26-15/h1-3,6-8H,4-5H2,(H,23,24). The Balaban J connectivity index is 2.08. The first-order valence-electron chi connectivity index (χ1n) is 7.43. The van der Waals surface area contributed by atoms with E-state index in [9.17, 15) is 14.0 Å². The molecular formula is C18H11BrClFO5. The predicted molar refractivity (Wildman–Crippen MR) is 98.3 cm³/mol. The first-order chi connectivity index (χ1) is 12.4. The molecule has 0 aliphatic heterocycles. The van der Waals surface area contributed by atoms with E-state index in [-0.39, 0.29) is 51.5 Å². The van der Waals surface area contributed by atoms with Gasteiger partial charge in [-0.15, -0.1) is 0 Å². The van der Waals surface area contributed by atoms with Crippen molar-refractivity contribution in [1.82, 2.24) is 0 Å². The maximum Gasteiger partial charge on any atom is 0.306 e. The van der Waals surface area contributed by atoms with Crippen LogP contribution in [-0.4, -0.2) is 17.7 Å². The minimum Gasteiger partial charge on any atom is -0.492 e. The first kappa shape index (κ1) is 18.4. The van der Waals surface area contributed by atoms with Crippen LogP contribution in [0, 0.1) is 5.82 Å². The fourth-order valence-corrected chi connectivity index (χ4v) is 3.00. The van der Waals surface area contributed by atoms with E-state index in [2.05, 4.69) is 15.9 Å². The predicted octanol–water partition coefficient (Wildman–Crippen LogP) is 4.87. The molecule has 0 saturated carbocycles. The fraction of sp³-hybridized carbons (Fsp3) is 0.111. The van der Waals surface area contributed by atoms with Gasteiger partial charge in [0.25, 0.3) is 0 Å². The zero-order valence-electron chi connectivity index (χ0n) is 13.1. The highest BCUT2D eigenvalue weighted by molar-refractivity contribution is 9.10. The fourth-order valence-electron chi connectivity index (χ4n) is 2.35. The van der Waals surface area contributed by atoms with Crippen LogP contribution in [0.4, 0.5) is 4.39 Å². The minimum absolute atomic E-state index is 0.00237. The SMILES string of the molecule is O=C(O)CCOc1cc(-c2cc(=O)c3cccc(Cl)c3o2)c(F)cc1Br. The Labute approximate surface area is 160 Å². The van der Waals surface area contributed by atoms with E-state index in [1.54, 1.807) is 18.2 Å². The molecule has 0 aliphatic rings. The molecule has 0 fully saturated rings. The average molecular weight is 442 g/mol. The van der Waals surface area contributed by atoms with E-state index in [0.29, 0.717) is 4.47 Å². The van der Waals surface area contributed by atoms with E-state index in [1.807, 2.05) is 0 Å². The van der Waals surface area contributed by atoms with Crippen LogP contribution in [-0.2, 0) is 4.79 Å². The molecule has 2 aromatic carbocycles. The number of rotatable bonds is 5. The lowest BCUT2D eigenvalue weighted by Crippen LogP contribution is -2.06. The normalized spacial score (nSPS) is 10.9. The highest BCUT2D eigenvalue weighted by Crippen LogP contribution is 2.35. The number of fused-ring (bicyclic) bond motifs is 1. The maximum absolute atomic E-state index is 14.4. The van der Waals surface area contributed by atoms with Gasteiger partial charge in [0.15, 0.2) is 11.0 Å². The molecular weight excluding hydrogens is 431 g/mol. The summed E-state index contributed by atoms with van der Waals surface area (Å²) in [5.41, 5.74) is -0.204. The summed E-state index contributed by atoms with van der Waals surface area (Å²) >= 11 is 9.23. The highest BCUT2D eigenvalue weighted by Gasteiger charge is 2.16. The van der Waals surface area contributed by atoms with Crippen LogP contribution in [0.5, 0.6) is 5.75 Å². The zero-order valence-corrected chi connectivity index (χ0v) is 15.4. The van der Waals surface area contributed by atoms with Gasteiger partial charge in [-0.3, -0.25) is 9.59 Å². The lowest BCUT2D eigenvalue weighted by Gasteiger charge is -2.11. The van der Waals surface area contributed by atoms with E-state index in [0.717, 1.165) is 6.07 Å². The molecule has 0 unspecified atom stereocenters. The molecule has 0 amide bonds. The molecule has 0 spiro atoms. The Hall–Kier alpha value is -2.38. The van der Waals surface area contributed by atoms with Crippen molar-refractivity contribution in [1.29, 1.82) is 0 Å². The summed E-state index contributed by atoms with van der Waals surface area (Å²) in [6.07, 6.45) is -0.209. The zero-order chi connectivity index (χ0) is 18.8. The number of benzene rings is 2. The Bertz CT molecular complexity index is 1060. The number of carboxylic acid groups (broad SMARTS) is 1. The number of halogens is 3. The second-order valence-electron chi connectivity index (χ2n) is 5.35. The molecule has 0 saturated heterocycles. The lowest BCUT2D eigenvalue weighted by atomic mass is 10.1. The molecule has 8 heteroatoms. The van der Waals surface area contributed by atoms with Gasteiger partial charge in [-0.2, -0.15) is 0 Å². The highest BCUT2D eigenvalue weighted by atomic mass is 79.9. The minimum atomic E-state index is -1.02. The molecule has 0 aliphatic carbocycles.